The van der Waals surface area contributed by atoms with Crippen molar-refractivity contribution in [3.05, 3.63) is 11.8 Å². The van der Waals surface area contributed by atoms with Crippen molar-refractivity contribution in [3.63, 3.8) is 0 Å². The van der Waals surface area contributed by atoms with Gasteiger partial charge in [0.25, 0.3) is 0 Å². The second-order valence-electron chi connectivity index (χ2n) is 3.86. The first-order valence-corrected chi connectivity index (χ1v) is 5.21. The number of nitrogens with zero attached hydrogens (tertiary/aromatic N) is 4. The molecular weight excluding hydrogens is 204 g/mol. The average molecular weight is 216 g/mol. The van der Waals surface area contributed by atoms with E-state index in [0.29, 0.717) is 24.2 Å². The van der Waals surface area contributed by atoms with E-state index in [4.69, 9.17) is 5.26 Å². The van der Waals surface area contributed by atoms with Gasteiger partial charge in [-0.1, -0.05) is 0 Å². The minimum atomic E-state index is 0.227. The third-order valence-corrected chi connectivity index (χ3v) is 2.61. The van der Waals surface area contributed by atoms with Gasteiger partial charge in [-0.3, -0.25) is 4.79 Å². The van der Waals surface area contributed by atoms with Gasteiger partial charge < -0.3 is 0 Å². The molecular formula is C11H12N4O. The van der Waals surface area contributed by atoms with Gasteiger partial charge in [0, 0.05) is 25.6 Å². The van der Waals surface area contributed by atoms with Crippen LogP contribution in [-0.4, -0.2) is 21.3 Å². The highest BCUT2D eigenvalue weighted by Crippen LogP contribution is 2.21. The Morgan fingerprint density at radius 3 is 3.06 bits per heavy atom. The number of rotatable bonds is 1. The number of ketones is 1. The minimum Gasteiger partial charge on any atom is -0.299 e. The molecule has 5 heteroatoms. The van der Waals surface area contributed by atoms with E-state index in [1.54, 1.807) is 11.7 Å². The molecule has 0 unspecified atom stereocenters. The van der Waals surface area contributed by atoms with Crippen molar-refractivity contribution in [2.45, 2.75) is 25.7 Å². The Morgan fingerprint density at radius 2 is 2.38 bits per heavy atom. The summed E-state index contributed by atoms with van der Waals surface area (Å²) < 4.78 is 1.56. The SMILES string of the molecule is Cn1ncc(C#N)c1N=C1CCCC(=O)C1. The van der Waals surface area contributed by atoms with E-state index in [2.05, 4.69) is 10.1 Å². The zero-order chi connectivity index (χ0) is 11.5. The molecule has 1 heterocycles. The van der Waals surface area contributed by atoms with E-state index in [1.165, 1.54) is 6.20 Å². The predicted octanol–water partition coefficient (Wildman–Crippen LogP) is 1.51. The number of aromatic nitrogens is 2. The lowest BCUT2D eigenvalue weighted by atomic mass is 9.97. The Balaban J connectivity index is 2.31. The van der Waals surface area contributed by atoms with Gasteiger partial charge in [-0.05, 0) is 12.8 Å². The van der Waals surface area contributed by atoms with E-state index in [-0.39, 0.29) is 5.78 Å². The van der Waals surface area contributed by atoms with Gasteiger partial charge in [0.05, 0.1) is 6.20 Å². The van der Waals surface area contributed by atoms with E-state index < -0.39 is 0 Å². The van der Waals surface area contributed by atoms with E-state index >= 15 is 0 Å². The van der Waals surface area contributed by atoms with Gasteiger partial charge in [0.1, 0.15) is 17.4 Å². The lowest BCUT2D eigenvalue weighted by Gasteiger charge is -2.11. The number of Topliss-reactive ketones (excluding diaryl/α,β-unsaturated/α-hetero) is 1. The number of carbonyl (C=O) groups is 1. The standard InChI is InChI=1S/C11H12N4O/c1-15-11(8(6-12)7-13-15)14-9-3-2-4-10(16)5-9/h7H,2-5H2,1H3. The van der Waals surface area contributed by atoms with Crippen molar-refractivity contribution in [1.29, 1.82) is 5.26 Å². The zero-order valence-corrected chi connectivity index (χ0v) is 9.10. The van der Waals surface area contributed by atoms with E-state index in [1.807, 2.05) is 6.07 Å². The van der Waals surface area contributed by atoms with Crippen LogP contribution in [0, 0.1) is 11.3 Å². The van der Waals surface area contributed by atoms with Crippen LogP contribution in [0.3, 0.4) is 0 Å². The molecule has 1 saturated carbocycles. The fourth-order valence-electron chi connectivity index (χ4n) is 1.78. The first-order chi connectivity index (χ1) is 7.70. The Bertz CT molecular complexity index is 493. The molecule has 0 amide bonds. The van der Waals surface area contributed by atoms with E-state index in [0.717, 1.165) is 18.6 Å². The highest BCUT2D eigenvalue weighted by molar-refractivity contribution is 6.04. The summed E-state index contributed by atoms with van der Waals surface area (Å²) >= 11 is 0. The predicted molar refractivity (Wildman–Crippen MR) is 58.5 cm³/mol. The topological polar surface area (TPSA) is 71.0 Å². The molecule has 0 spiro atoms. The molecule has 0 bridgehead atoms. The summed E-state index contributed by atoms with van der Waals surface area (Å²) in [6.07, 6.45) is 4.24. The maximum atomic E-state index is 11.3. The number of carbonyl (C=O) groups excluding carboxylic acids is 1. The Morgan fingerprint density at radius 1 is 1.56 bits per heavy atom. The Kier molecular flexibility index (Phi) is 2.82. The summed E-state index contributed by atoms with van der Waals surface area (Å²) in [4.78, 5) is 15.6. The van der Waals surface area contributed by atoms with Crippen LogP contribution < -0.4 is 0 Å². The van der Waals surface area contributed by atoms with Crippen molar-refractivity contribution >= 4 is 17.3 Å². The van der Waals surface area contributed by atoms with Crippen LogP contribution in [0.4, 0.5) is 5.82 Å². The first-order valence-electron chi connectivity index (χ1n) is 5.21. The van der Waals surface area contributed by atoms with Crippen molar-refractivity contribution in [3.8, 4) is 6.07 Å². The molecule has 1 fully saturated rings. The summed E-state index contributed by atoms with van der Waals surface area (Å²) in [5, 5.41) is 12.8. The van der Waals surface area contributed by atoms with Gasteiger partial charge in [-0.25, -0.2) is 9.67 Å². The average Bonchev–Trinajstić information content (AvgIpc) is 2.60. The number of aryl methyl sites for hydroxylation is 1. The molecule has 1 aromatic heterocycles. The molecule has 5 nitrogen and oxygen atoms in total. The van der Waals surface area contributed by atoms with Crippen molar-refractivity contribution in [2.75, 3.05) is 0 Å². The zero-order valence-electron chi connectivity index (χ0n) is 9.10. The van der Waals surface area contributed by atoms with Crippen LogP contribution in [0.2, 0.25) is 0 Å². The summed E-state index contributed by atoms with van der Waals surface area (Å²) in [6.45, 7) is 0. The molecule has 0 radical (unpaired) electrons. The number of nitriles is 1. The molecule has 82 valence electrons. The summed E-state index contributed by atoms with van der Waals surface area (Å²) in [5.74, 6) is 0.776. The second kappa shape index (κ2) is 4.27. The quantitative estimate of drug-likeness (QED) is 0.714. The lowest BCUT2D eigenvalue weighted by molar-refractivity contribution is -0.118. The summed E-state index contributed by atoms with van der Waals surface area (Å²) in [5.41, 5.74) is 1.31. The minimum absolute atomic E-state index is 0.227. The molecule has 0 N–H and O–H groups in total. The monoisotopic (exact) mass is 216 g/mol. The largest absolute Gasteiger partial charge is 0.299 e. The van der Waals surface area contributed by atoms with Crippen molar-refractivity contribution in [2.24, 2.45) is 12.0 Å². The lowest BCUT2D eigenvalue weighted by Crippen LogP contribution is -2.14. The van der Waals surface area contributed by atoms with Gasteiger partial charge in [0.2, 0.25) is 0 Å². The molecule has 0 atom stereocenters. The van der Waals surface area contributed by atoms with E-state index in [9.17, 15) is 4.79 Å². The third kappa shape index (κ3) is 2.01. The fraction of sp³-hybridized carbons (Fsp3) is 0.455. The van der Waals surface area contributed by atoms with Gasteiger partial charge in [-0.2, -0.15) is 10.4 Å². The van der Waals surface area contributed by atoms with Gasteiger partial charge in [0.15, 0.2) is 5.82 Å². The van der Waals surface area contributed by atoms with Crippen molar-refractivity contribution < 1.29 is 4.79 Å². The van der Waals surface area contributed by atoms with Gasteiger partial charge >= 0.3 is 0 Å². The number of hydrogen-bond acceptors (Lipinski definition) is 4. The smallest absolute Gasteiger partial charge is 0.168 e. The Labute approximate surface area is 93.4 Å². The second-order valence-corrected chi connectivity index (χ2v) is 3.86. The van der Waals surface area contributed by atoms with Crippen LogP contribution in [0.5, 0.6) is 0 Å². The molecule has 2 rings (SSSR count). The van der Waals surface area contributed by atoms with Gasteiger partial charge in [-0.15, -0.1) is 0 Å². The summed E-state index contributed by atoms with van der Waals surface area (Å²) in [6, 6.07) is 2.04. The Hall–Kier alpha value is -1.96. The number of hydrogen-bond donors (Lipinski definition) is 0. The van der Waals surface area contributed by atoms with Crippen LogP contribution >= 0.6 is 0 Å². The molecule has 1 aliphatic carbocycles. The molecule has 16 heavy (non-hydrogen) atoms. The highest BCUT2D eigenvalue weighted by atomic mass is 16.1. The van der Waals surface area contributed by atoms with Crippen molar-refractivity contribution in [1.82, 2.24) is 9.78 Å². The van der Waals surface area contributed by atoms with Crippen LogP contribution in [-0.2, 0) is 11.8 Å². The van der Waals surface area contributed by atoms with Crippen LogP contribution in [0.15, 0.2) is 11.2 Å². The molecule has 1 aliphatic rings. The van der Waals surface area contributed by atoms with Crippen LogP contribution in [0.25, 0.3) is 0 Å². The maximum absolute atomic E-state index is 11.3. The molecule has 0 saturated heterocycles. The molecule has 0 aliphatic heterocycles. The van der Waals surface area contributed by atoms with Crippen LogP contribution in [0.1, 0.15) is 31.2 Å². The fourth-order valence-corrected chi connectivity index (χ4v) is 1.78. The maximum Gasteiger partial charge on any atom is 0.168 e. The molecule has 0 aromatic carbocycles. The highest BCUT2D eigenvalue weighted by Gasteiger charge is 2.16. The summed E-state index contributed by atoms with van der Waals surface area (Å²) in [7, 11) is 1.74. The number of aliphatic imine (C=N–C) groups is 1. The molecule has 1 aromatic rings. The third-order valence-electron chi connectivity index (χ3n) is 2.61. The first kappa shape index (κ1) is 10.6. The normalized spacial score (nSPS) is 18.8.